The minimum Gasteiger partial charge on any atom is -0.395 e. The first-order valence-electron chi connectivity index (χ1n) is 6.43. The fraction of sp³-hybridized carbons (Fsp3) is 0.467. The SMILES string of the molecule is CC(C)(C)NCc1ccc2ccn(CCO)c2c1. The molecule has 0 aliphatic heterocycles. The summed E-state index contributed by atoms with van der Waals surface area (Å²) in [5, 5.41) is 13.8. The highest BCUT2D eigenvalue weighted by molar-refractivity contribution is 5.80. The lowest BCUT2D eigenvalue weighted by molar-refractivity contribution is 0.278. The van der Waals surface area contributed by atoms with Gasteiger partial charge in [-0.05, 0) is 43.9 Å². The Morgan fingerprint density at radius 3 is 2.67 bits per heavy atom. The molecule has 3 nitrogen and oxygen atoms in total. The van der Waals surface area contributed by atoms with Gasteiger partial charge < -0.3 is 15.0 Å². The van der Waals surface area contributed by atoms with Crippen molar-refractivity contribution < 1.29 is 5.11 Å². The quantitative estimate of drug-likeness (QED) is 0.870. The van der Waals surface area contributed by atoms with Gasteiger partial charge in [0, 0.05) is 30.3 Å². The van der Waals surface area contributed by atoms with E-state index < -0.39 is 0 Å². The van der Waals surface area contributed by atoms with Crippen molar-refractivity contribution >= 4 is 10.9 Å². The Morgan fingerprint density at radius 1 is 1.22 bits per heavy atom. The van der Waals surface area contributed by atoms with Gasteiger partial charge in [0.15, 0.2) is 0 Å². The molecular formula is C15H22N2O. The number of aromatic nitrogens is 1. The first kappa shape index (κ1) is 13.1. The van der Waals surface area contributed by atoms with Crippen molar-refractivity contribution in [3.05, 3.63) is 36.0 Å². The summed E-state index contributed by atoms with van der Waals surface area (Å²) in [7, 11) is 0. The van der Waals surface area contributed by atoms with E-state index in [2.05, 4.69) is 54.9 Å². The molecule has 0 aliphatic carbocycles. The van der Waals surface area contributed by atoms with Crippen LogP contribution in [0.2, 0.25) is 0 Å². The number of hydrogen-bond donors (Lipinski definition) is 2. The second-order valence-electron chi connectivity index (χ2n) is 5.73. The van der Waals surface area contributed by atoms with Gasteiger partial charge in [-0.25, -0.2) is 0 Å². The van der Waals surface area contributed by atoms with Crippen LogP contribution in [0.4, 0.5) is 0 Å². The zero-order valence-corrected chi connectivity index (χ0v) is 11.4. The average molecular weight is 246 g/mol. The molecule has 2 aromatic rings. The normalized spacial score (nSPS) is 12.2. The number of benzene rings is 1. The monoisotopic (exact) mass is 246 g/mol. The van der Waals surface area contributed by atoms with E-state index in [1.807, 2.05) is 6.20 Å². The topological polar surface area (TPSA) is 37.2 Å². The van der Waals surface area contributed by atoms with Crippen molar-refractivity contribution in [3.8, 4) is 0 Å². The zero-order chi connectivity index (χ0) is 13.2. The maximum absolute atomic E-state index is 9.04. The van der Waals surface area contributed by atoms with E-state index in [4.69, 9.17) is 5.11 Å². The van der Waals surface area contributed by atoms with E-state index in [1.165, 1.54) is 16.5 Å². The van der Waals surface area contributed by atoms with E-state index in [-0.39, 0.29) is 12.1 Å². The molecule has 0 bridgehead atoms. The number of aliphatic hydroxyl groups is 1. The number of fused-ring (bicyclic) bond motifs is 1. The molecule has 0 amide bonds. The maximum atomic E-state index is 9.04. The van der Waals surface area contributed by atoms with Gasteiger partial charge in [-0.15, -0.1) is 0 Å². The molecule has 0 radical (unpaired) electrons. The maximum Gasteiger partial charge on any atom is 0.0610 e. The molecule has 1 aromatic carbocycles. The molecule has 0 fully saturated rings. The summed E-state index contributed by atoms with van der Waals surface area (Å²) in [6.07, 6.45) is 2.03. The highest BCUT2D eigenvalue weighted by Gasteiger charge is 2.09. The third-order valence-electron chi connectivity index (χ3n) is 3.00. The van der Waals surface area contributed by atoms with Crippen LogP contribution in [0.3, 0.4) is 0 Å². The number of nitrogens with one attached hydrogen (secondary N) is 1. The van der Waals surface area contributed by atoms with Crippen LogP contribution in [0.5, 0.6) is 0 Å². The fourth-order valence-electron chi connectivity index (χ4n) is 2.01. The van der Waals surface area contributed by atoms with Gasteiger partial charge in [-0.3, -0.25) is 0 Å². The van der Waals surface area contributed by atoms with Crippen molar-refractivity contribution in [1.29, 1.82) is 0 Å². The number of aliphatic hydroxyl groups excluding tert-OH is 1. The Hall–Kier alpha value is -1.32. The third-order valence-corrected chi connectivity index (χ3v) is 3.00. The number of rotatable bonds is 4. The Kier molecular flexibility index (Phi) is 3.73. The van der Waals surface area contributed by atoms with Gasteiger partial charge >= 0.3 is 0 Å². The van der Waals surface area contributed by atoms with Gasteiger partial charge in [-0.1, -0.05) is 12.1 Å². The summed E-state index contributed by atoms with van der Waals surface area (Å²) < 4.78 is 2.09. The predicted octanol–water partition coefficient (Wildman–Crippen LogP) is 2.52. The second kappa shape index (κ2) is 5.12. The summed E-state index contributed by atoms with van der Waals surface area (Å²) in [4.78, 5) is 0. The minimum atomic E-state index is 0.127. The molecule has 0 atom stereocenters. The summed E-state index contributed by atoms with van der Waals surface area (Å²) in [5.74, 6) is 0. The highest BCUT2D eigenvalue weighted by Crippen LogP contribution is 2.18. The van der Waals surface area contributed by atoms with Crippen molar-refractivity contribution in [2.24, 2.45) is 0 Å². The number of hydrogen-bond acceptors (Lipinski definition) is 2. The standard InChI is InChI=1S/C15H22N2O/c1-15(2,3)16-11-12-4-5-13-6-7-17(8-9-18)14(13)10-12/h4-7,10,16,18H,8-9,11H2,1-3H3. The van der Waals surface area contributed by atoms with E-state index in [1.54, 1.807) is 0 Å². The summed E-state index contributed by atoms with van der Waals surface area (Å²) in [5.41, 5.74) is 2.59. The molecule has 1 heterocycles. The van der Waals surface area contributed by atoms with Crippen molar-refractivity contribution in [2.45, 2.75) is 39.4 Å². The van der Waals surface area contributed by atoms with Gasteiger partial charge in [0.05, 0.1) is 6.61 Å². The van der Waals surface area contributed by atoms with Crippen molar-refractivity contribution in [2.75, 3.05) is 6.61 Å². The lowest BCUT2D eigenvalue weighted by Gasteiger charge is -2.20. The van der Waals surface area contributed by atoms with Crippen LogP contribution in [0.25, 0.3) is 10.9 Å². The molecule has 0 saturated heterocycles. The van der Waals surface area contributed by atoms with Gasteiger partial charge in [0.1, 0.15) is 0 Å². The highest BCUT2D eigenvalue weighted by atomic mass is 16.3. The van der Waals surface area contributed by atoms with Gasteiger partial charge in [-0.2, -0.15) is 0 Å². The molecular weight excluding hydrogens is 224 g/mol. The van der Waals surface area contributed by atoms with E-state index in [0.717, 1.165) is 6.54 Å². The summed E-state index contributed by atoms with van der Waals surface area (Å²) in [6, 6.07) is 8.59. The Balaban J connectivity index is 2.22. The van der Waals surface area contributed by atoms with E-state index in [0.29, 0.717) is 6.54 Å². The van der Waals surface area contributed by atoms with Crippen LogP contribution >= 0.6 is 0 Å². The molecule has 0 unspecified atom stereocenters. The first-order chi connectivity index (χ1) is 8.49. The molecule has 2 rings (SSSR count). The third kappa shape index (κ3) is 3.12. The molecule has 0 saturated carbocycles. The summed E-state index contributed by atoms with van der Waals surface area (Å²) >= 11 is 0. The van der Waals surface area contributed by atoms with E-state index >= 15 is 0 Å². The van der Waals surface area contributed by atoms with Crippen LogP contribution in [0.15, 0.2) is 30.5 Å². The molecule has 1 aromatic heterocycles. The minimum absolute atomic E-state index is 0.127. The molecule has 98 valence electrons. The molecule has 18 heavy (non-hydrogen) atoms. The lowest BCUT2D eigenvalue weighted by Crippen LogP contribution is -2.35. The molecule has 0 spiro atoms. The van der Waals surface area contributed by atoms with Crippen LogP contribution in [0.1, 0.15) is 26.3 Å². The van der Waals surface area contributed by atoms with Crippen LogP contribution in [-0.4, -0.2) is 21.8 Å². The lowest BCUT2D eigenvalue weighted by atomic mass is 10.1. The van der Waals surface area contributed by atoms with Gasteiger partial charge in [0.2, 0.25) is 0 Å². The Morgan fingerprint density at radius 2 is 2.00 bits per heavy atom. The smallest absolute Gasteiger partial charge is 0.0610 e. The van der Waals surface area contributed by atoms with Crippen LogP contribution in [0, 0.1) is 0 Å². The molecule has 0 aliphatic rings. The average Bonchev–Trinajstić information content (AvgIpc) is 2.69. The number of nitrogens with zero attached hydrogens (tertiary/aromatic N) is 1. The first-order valence-corrected chi connectivity index (χ1v) is 6.43. The second-order valence-corrected chi connectivity index (χ2v) is 5.73. The molecule has 3 heteroatoms. The predicted molar refractivity (Wildman–Crippen MR) is 75.6 cm³/mol. The van der Waals surface area contributed by atoms with Crippen LogP contribution < -0.4 is 5.32 Å². The van der Waals surface area contributed by atoms with Crippen molar-refractivity contribution in [1.82, 2.24) is 9.88 Å². The largest absolute Gasteiger partial charge is 0.395 e. The van der Waals surface area contributed by atoms with Gasteiger partial charge in [0.25, 0.3) is 0 Å². The Labute approximate surface area is 108 Å². The Bertz CT molecular complexity index is 523. The summed E-state index contributed by atoms with van der Waals surface area (Å²) in [6.45, 7) is 8.19. The zero-order valence-electron chi connectivity index (χ0n) is 11.4. The fourth-order valence-corrected chi connectivity index (χ4v) is 2.01. The molecule has 2 N–H and O–H groups in total. The van der Waals surface area contributed by atoms with Crippen LogP contribution in [-0.2, 0) is 13.1 Å². The van der Waals surface area contributed by atoms with E-state index in [9.17, 15) is 0 Å². The van der Waals surface area contributed by atoms with Crippen molar-refractivity contribution in [3.63, 3.8) is 0 Å².